The third-order valence-corrected chi connectivity index (χ3v) is 3.01. The number of aromatic hydroxyl groups is 1. The van der Waals surface area contributed by atoms with Gasteiger partial charge in [-0.2, -0.15) is 5.10 Å². The second kappa shape index (κ2) is 7.09. The topological polar surface area (TPSA) is 134 Å². The van der Waals surface area contributed by atoms with Crippen LogP contribution in [0.4, 0.5) is 11.4 Å². The van der Waals surface area contributed by atoms with Crippen LogP contribution in [0.15, 0.2) is 41.5 Å². The second-order valence-corrected chi connectivity index (χ2v) is 4.60. The maximum Gasteiger partial charge on any atom is 0.335 e. The van der Waals surface area contributed by atoms with Gasteiger partial charge in [-0.1, -0.05) is 6.07 Å². The fourth-order valence-corrected chi connectivity index (χ4v) is 1.89. The fourth-order valence-electron chi connectivity index (χ4n) is 1.89. The molecule has 0 unspecified atom stereocenters. The van der Waals surface area contributed by atoms with Gasteiger partial charge in [-0.25, -0.2) is 4.79 Å². The molecule has 0 aromatic heterocycles. The average Bonchev–Trinajstić information content (AvgIpc) is 2.56. The molecule has 124 valence electrons. The maximum atomic E-state index is 10.9. The Morgan fingerprint density at radius 3 is 2.75 bits per heavy atom. The summed E-state index contributed by atoms with van der Waals surface area (Å²) < 4.78 is 4.88. The summed E-state index contributed by atoms with van der Waals surface area (Å²) in [6, 6.07) is 8.50. The van der Waals surface area contributed by atoms with Crippen molar-refractivity contribution in [2.24, 2.45) is 5.10 Å². The second-order valence-electron chi connectivity index (χ2n) is 4.60. The highest BCUT2D eigenvalue weighted by Crippen LogP contribution is 2.36. The van der Waals surface area contributed by atoms with Crippen molar-refractivity contribution in [3.05, 3.63) is 57.6 Å². The third-order valence-electron chi connectivity index (χ3n) is 3.01. The Kier molecular flexibility index (Phi) is 4.95. The molecule has 0 spiro atoms. The van der Waals surface area contributed by atoms with Crippen molar-refractivity contribution in [3.8, 4) is 11.5 Å². The zero-order chi connectivity index (χ0) is 17.7. The van der Waals surface area contributed by atoms with Crippen molar-refractivity contribution in [2.75, 3.05) is 12.5 Å². The number of nitrogens with one attached hydrogen (secondary N) is 1. The molecular weight excluding hydrogens is 318 g/mol. The quantitative estimate of drug-likeness (QED) is 0.420. The highest BCUT2D eigenvalue weighted by Gasteiger charge is 2.19. The summed E-state index contributed by atoms with van der Waals surface area (Å²) in [5.74, 6) is -1.69. The molecule has 0 radical (unpaired) electrons. The minimum atomic E-state index is -1.07. The first-order chi connectivity index (χ1) is 11.4. The predicted molar refractivity (Wildman–Crippen MR) is 85.9 cm³/mol. The number of hydrazone groups is 1. The molecular formula is C15H13N3O6. The van der Waals surface area contributed by atoms with E-state index in [0.717, 1.165) is 6.07 Å². The van der Waals surface area contributed by atoms with Gasteiger partial charge in [0.2, 0.25) is 5.75 Å². The summed E-state index contributed by atoms with van der Waals surface area (Å²) in [4.78, 5) is 21.1. The van der Waals surface area contributed by atoms with Gasteiger partial charge in [0.05, 0.1) is 29.5 Å². The van der Waals surface area contributed by atoms with E-state index in [0.29, 0.717) is 11.3 Å². The lowest BCUT2D eigenvalue weighted by atomic mass is 10.2. The number of nitro groups is 1. The molecule has 0 aliphatic heterocycles. The van der Waals surface area contributed by atoms with Gasteiger partial charge < -0.3 is 14.9 Å². The van der Waals surface area contributed by atoms with E-state index >= 15 is 0 Å². The van der Waals surface area contributed by atoms with E-state index in [9.17, 15) is 20.0 Å². The number of carboxylic acids is 1. The van der Waals surface area contributed by atoms with Crippen LogP contribution in [0.25, 0.3) is 0 Å². The Morgan fingerprint density at radius 2 is 2.12 bits per heavy atom. The molecule has 2 aromatic carbocycles. The smallest absolute Gasteiger partial charge is 0.335 e. The molecule has 0 aliphatic carbocycles. The third kappa shape index (κ3) is 3.77. The van der Waals surface area contributed by atoms with Crippen LogP contribution in [0.3, 0.4) is 0 Å². The first-order valence-corrected chi connectivity index (χ1v) is 6.60. The van der Waals surface area contributed by atoms with Gasteiger partial charge in [0.1, 0.15) is 0 Å². The van der Waals surface area contributed by atoms with Gasteiger partial charge in [0.15, 0.2) is 5.75 Å². The lowest BCUT2D eigenvalue weighted by Gasteiger charge is -2.05. The SMILES string of the molecule is COc1cc(/C=N\Nc2cccc(C(=O)O)c2)cc([N+](=O)[O-])c1O. The van der Waals surface area contributed by atoms with Crippen molar-refractivity contribution >= 4 is 23.6 Å². The molecule has 2 rings (SSSR count). The summed E-state index contributed by atoms with van der Waals surface area (Å²) in [6.07, 6.45) is 1.28. The number of phenols is 1. The first-order valence-electron chi connectivity index (χ1n) is 6.60. The standard InChI is InChI=1S/C15H13N3O6/c1-24-13-6-9(5-12(14(13)19)18(22)23)8-16-17-11-4-2-3-10(7-11)15(20)21/h2-8,17,19H,1H3,(H,20,21)/b16-8-. The summed E-state index contributed by atoms with van der Waals surface area (Å²) in [5, 5.41) is 33.4. The van der Waals surface area contributed by atoms with Crippen molar-refractivity contribution in [1.82, 2.24) is 0 Å². The maximum absolute atomic E-state index is 10.9. The number of carboxylic acid groups (broad SMARTS) is 1. The number of ether oxygens (including phenoxy) is 1. The van der Waals surface area contributed by atoms with E-state index in [4.69, 9.17) is 9.84 Å². The normalized spacial score (nSPS) is 10.5. The van der Waals surface area contributed by atoms with Gasteiger partial charge in [0.25, 0.3) is 0 Å². The Morgan fingerprint density at radius 1 is 1.38 bits per heavy atom. The number of hydrogen-bond acceptors (Lipinski definition) is 7. The Balaban J connectivity index is 2.23. The van der Waals surface area contributed by atoms with Crippen LogP contribution in [-0.2, 0) is 0 Å². The molecule has 24 heavy (non-hydrogen) atoms. The van der Waals surface area contributed by atoms with Crippen molar-refractivity contribution in [3.63, 3.8) is 0 Å². The van der Waals surface area contributed by atoms with E-state index in [-0.39, 0.29) is 11.3 Å². The van der Waals surface area contributed by atoms with Gasteiger partial charge in [0, 0.05) is 11.6 Å². The van der Waals surface area contributed by atoms with Crippen molar-refractivity contribution in [2.45, 2.75) is 0 Å². The number of phenolic OH excluding ortho intramolecular Hbond substituents is 1. The number of hydrogen-bond donors (Lipinski definition) is 3. The van der Waals surface area contributed by atoms with Crippen molar-refractivity contribution in [1.29, 1.82) is 0 Å². The molecule has 3 N–H and O–H groups in total. The highest BCUT2D eigenvalue weighted by atomic mass is 16.6. The number of anilines is 1. The van der Waals surface area contributed by atoms with E-state index in [1.807, 2.05) is 0 Å². The van der Waals surface area contributed by atoms with Gasteiger partial charge in [-0.3, -0.25) is 15.5 Å². The molecule has 0 bridgehead atoms. The van der Waals surface area contributed by atoms with E-state index in [1.165, 1.54) is 31.5 Å². The number of aromatic carboxylic acids is 1. The Hall–Kier alpha value is -3.62. The number of carbonyl (C=O) groups is 1. The number of methoxy groups -OCH3 is 1. The molecule has 0 saturated carbocycles. The van der Waals surface area contributed by atoms with Crippen LogP contribution in [-0.4, -0.2) is 34.4 Å². The van der Waals surface area contributed by atoms with Gasteiger partial charge in [-0.05, 0) is 24.3 Å². The summed E-state index contributed by atoms with van der Waals surface area (Å²) in [7, 11) is 1.27. The molecule has 9 heteroatoms. The van der Waals surface area contributed by atoms with Crippen LogP contribution in [0.2, 0.25) is 0 Å². The van der Waals surface area contributed by atoms with Crippen LogP contribution < -0.4 is 10.2 Å². The van der Waals surface area contributed by atoms with Crippen LogP contribution in [0.1, 0.15) is 15.9 Å². The highest BCUT2D eigenvalue weighted by molar-refractivity contribution is 5.89. The van der Waals surface area contributed by atoms with Crippen LogP contribution in [0, 0.1) is 10.1 Å². The first kappa shape index (κ1) is 16.7. The molecule has 0 aliphatic rings. The Labute approximate surface area is 136 Å². The minimum Gasteiger partial charge on any atom is -0.500 e. The van der Waals surface area contributed by atoms with Crippen molar-refractivity contribution < 1.29 is 24.7 Å². The zero-order valence-corrected chi connectivity index (χ0v) is 12.5. The monoisotopic (exact) mass is 331 g/mol. The number of nitro benzene ring substituents is 1. The summed E-state index contributed by atoms with van der Waals surface area (Å²) >= 11 is 0. The average molecular weight is 331 g/mol. The fraction of sp³-hybridized carbons (Fsp3) is 0.0667. The molecule has 9 nitrogen and oxygen atoms in total. The largest absolute Gasteiger partial charge is 0.500 e. The minimum absolute atomic E-state index is 0.0569. The molecule has 0 saturated heterocycles. The van der Waals surface area contributed by atoms with E-state index < -0.39 is 22.3 Å². The zero-order valence-electron chi connectivity index (χ0n) is 12.5. The van der Waals surface area contributed by atoms with E-state index in [1.54, 1.807) is 12.1 Å². The lowest BCUT2D eigenvalue weighted by molar-refractivity contribution is -0.386. The predicted octanol–water partition coefficient (Wildman–Crippen LogP) is 2.45. The summed E-state index contributed by atoms with van der Waals surface area (Å²) in [6.45, 7) is 0. The molecule has 0 heterocycles. The number of rotatable bonds is 6. The molecule has 2 aromatic rings. The number of benzene rings is 2. The Bertz CT molecular complexity index is 819. The van der Waals surface area contributed by atoms with Crippen LogP contribution in [0.5, 0.6) is 11.5 Å². The van der Waals surface area contributed by atoms with E-state index in [2.05, 4.69) is 10.5 Å². The molecule has 0 amide bonds. The van der Waals surface area contributed by atoms with Gasteiger partial charge >= 0.3 is 11.7 Å². The van der Waals surface area contributed by atoms with Gasteiger partial charge in [-0.15, -0.1) is 0 Å². The lowest BCUT2D eigenvalue weighted by Crippen LogP contribution is -1.98. The number of nitrogens with zero attached hydrogens (tertiary/aromatic N) is 2. The summed E-state index contributed by atoms with van der Waals surface area (Å²) in [5.41, 5.74) is 2.96. The molecule has 0 atom stereocenters. The van der Waals surface area contributed by atoms with Crippen LogP contribution >= 0.6 is 0 Å². The molecule has 0 fully saturated rings.